The molecule has 1 fully saturated rings. The summed E-state index contributed by atoms with van der Waals surface area (Å²) < 4.78 is 44.2. The molecule has 4 N–H and O–H groups in total. The van der Waals surface area contributed by atoms with Gasteiger partial charge in [-0.05, 0) is 25.0 Å². The van der Waals surface area contributed by atoms with Crippen LogP contribution >= 0.6 is 0 Å². The highest BCUT2D eigenvalue weighted by Gasteiger charge is 2.35. The first kappa shape index (κ1) is 21.2. The van der Waals surface area contributed by atoms with E-state index in [1.54, 1.807) is 7.05 Å². The lowest BCUT2D eigenvalue weighted by molar-refractivity contribution is -0.137. The molecule has 0 amide bonds. The Morgan fingerprint density at radius 1 is 1.37 bits per heavy atom. The highest BCUT2D eigenvalue weighted by atomic mass is 19.4. The van der Waals surface area contributed by atoms with Gasteiger partial charge >= 0.3 is 6.18 Å². The third-order valence-electron chi connectivity index (χ3n) is 4.50. The van der Waals surface area contributed by atoms with Crippen LogP contribution in [0.5, 0.6) is 0 Å². The van der Waals surface area contributed by atoms with Crippen molar-refractivity contribution in [3.63, 3.8) is 0 Å². The first-order chi connectivity index (χ1) is 12.9. The van der Waals surface area contributed by atoms with E-state index in [1.165, 1.54) is 12.3 Å². The van der Waals surface area contributed by atoms with Crippen LogP contribution in [0, 0.1) is 5.41 Å². The van der Waals surface area contributed by atoms with Gasteiger partial charge in [-0.25, -0.2) is 4.98 Å². The van der Waals surface area contributed by atoms with Crippen molar-refractivity contribution in [1.29, 1.82) is 0 Å². The van der Waals surface area contributed by atoms with Gasteiger partial charge in [0.25, 0.3) is 0 Å². The number of pyridine rings is 1. The third-order valence-corrected chi connectivity index (χ3v) is 4.50. The number of hydrogen-bond donors (Lipinski definition) is 4. The van der Waals surface area contributed by atoms with Gasteiger partial charge in [0.1, 0.15) is 5.82 Å². The maximum atomic E-state index is 12.9. The zero-order valence-corrected chi connectivity index (χ0v) is 15.3. The van der Waals surface area contributed by atoms with E-state index in [0.29, 0.717) is 38.7 Å². The second-order valence-electron chi connectivity index (χ2n) is 6.45. The SMILES string of the molecule is CN=C(NCCNc1ncccc1C(F)(F)F)NCC1(CCO)CCOC1. The zero-order chi connectivity index (χ0) is 19.8. The largest absolute Gasteiger partial charge is 0.419 e. The molecule has 1 aromatic heterocycles. The molecule has 1 aliphatic heterocycles. The van der Waals surface area contributed by atoms with Gasteiger partial charge in [0.2, 0.25) is 0 Å². The molecule has 1 aromatic rings. The third kappa shape index (κ3) is 6.24. The molecule has 0 radical (unpaired) electrons. The lowest BCUT2D eigenvalue weighted by Crippen LogP contribution is -2.45. The molecule has 10 heteroatoms. The summed E-state index contributed by atoms with van der Waals surface area (Å²) in [6, 6.07) is 2.25. The number of nitrogens with zero attached hydrogens (tertiary/aromatic N) is 2. The molecule has 0 saturated carbocycles. The number of aliphatic imine (C=N–C) groups is 1. The van der Waals surface area contributed by atoms with Crippen LogP contribution in [0.25, 0.3) is 0 Å². The van der Waals surface area contributed by atoms with Crippen LogP contribution in [0.2, 0.25) is 0 Å². The topological polar surface area (TPSA) is 90.8 Å². The highest BCUT2D eigenvalue weighted by molar-refractivity contribution is 5.79. The Balaban J connectivity index is 1.79. The molecule has 2 rings (SSSR count). The van der Waals surface area contributed by atoms with Crippen LogP contribution in [-0.2, 0) is 10.9 Å². The van der Waals surface area contributed by atoms with Crippen molar-refractivity contribution in [3.8, 4) is 0 Å². The number of anilines is 1. The summed E-state index contributed by atoms with van der Waals surface area (Å²) in [5.41, 5.74) is -0.917. The van der Waals surface area contributed by atoms with Gasteiger partial charge in [0.15, 0.2) is 5.96 Å². The number of hydrogen-bond acceptors (Lipinski definition) is 5. The van der Waals surface area contributed by atoms with Crippen molar-refractivity contribution in [3.05, 3.63) is 23.9 Å². The maximum absolute atomic E-state index is 12.9. The molecule has 1 saturated heterocycles. The lowest BCUT2D eigenvalue weighted by Gasteiger charge is -2.27. The fourth-order valence-corrected chi connectivity index (χ4v) is 2.94. The molecular weight excluding hydrogens is 363 g/mol. The molecule has 1 unspecified atom stereocenters. The average molecular weight is 389 g/mol. The fourth-order valence-electron chi connectivity index (χ4n) is 2.94. The molecule has 7 nitrogen and oxygen atoms in total. The number of halogens is 3. The summed E-state index contributed by atoms with van der Waals surface area (Å²) in [6.07, 6.45) is -1.64. The van der Waals surface area contributed by atoms with Crippen molar-refractivity contribution >= 4 is 11.8 Å². The van der Waals surface area contributed by atoms with E-state index in [2.05, 4.69) is 25.9 Å². The minimum absolute atomic E-state index is 0.0899. The molecule has 152 valence electrons. The van der Waals surface area contributed by atoms with Gasteiger partial charge < -0.3 is 25.8 Å². The predicted octanol–water partition coefficient (Wildman–Crippen LogP) is 1.47. The minimum Gasteiger partial charge on any atom is -0.396 e. The van der Waals surface area contributed by atoms with Crippen molar-refractivity contribution in [2.45, 2.75) is 19.0 Å². The van der Waals surface area contributed by atoms with Gasteiger partial charge in [-0.3, -0.25) is 4.99 Å². The summed E-state index contributed by atoms with van der Waals surface area (Å²) in [6.45, 7) is 2.54. The van der Waals surface area contributed by atoms with E-state index in [0.717, 1.165) is 12.5 Å². The van der Waals surface area contributed by atoms with Crippen LogP contribution < -0.4 is 16.0 Å². The number of alkyl halides is 3. The van der Waals surface area contributed by atoms with Crippen LogP contribution in [0.4, 0.5) is 19.0 Å². The van der Waals surface area contributed by atoms with Crippen LogP contribution in [0.3, 0.4) is 0 Å². The van der Waals surface area contributed by atoms with Crippen LogP contribution in [0.15, 0.2) is 23.3 Å². The Kier molecular flexibility index (Phi) is 7.66. The van der Waals surface area contributed by atoms with Gasteiger partial charge in [-0.2, -0.15) is 13.2 Å². The second kappa shape index (κ2) is 9.75. The molecule has 27 heavy (non-hydrogen) atoms. The second-order valence-corrected chi connectivity index (χ2v) is 6.45. The lowest BCUT2D eigenvalue weighted by atomic mass is 9.84. The standard InChI is InChI=1S/C17H26F3N5O2/c1-21-15(25-11-16(4-9-26)5-10-27-12-16)24-8-7-23-14-13(17(18,19)20)3-2-6-22-14/h2-3,6,26H,4-5,7-12H2,1H3,(H,22,23)(H2,21,24,25). The van der Waals surface area contributed by atoms with E-state index < -0.39 is 11.7 Å². The van der Waals surface area contributed by atoms with E-state index in [1.807, 2.05) is 0 Å². The number of rotatable bonds is 8. The average Bonchev–Trinajstić information content (AvgIpc) is 3.10. The Labute approximate surface area is 156 Å². The van der Waals surface area contributed by atoms with Gasteiger partial charge in [-0.1, -0.05) is 0 Å². The predicted molar refractivity (Wildman–Crippen MR) is 96.7 cm³/mol. The molecule has 0 spiro atoms. The van der Waals surface area contributed by atoms with Gasteiger partial charge in [0, 0.05) is 51.5 Å². The fraction of sp³-hybridized carbons (Fsp3) is 0.647. The van der Waals surface area contributed by atoms with Crippen molar-refractivity contribution < 1.29 is 23.0 Å². The van der Waals surface area contributed by atoms with E-state index in [4.69, 9.17) is 4.74 Å². The first-order valence-electron chi connectivity index (χ1n) is 8.79. The molecular formula is C17H26F3N5O2. The molecule has 0 aliphatic carbocycles. The summed E-state index contributed by atoms with van der Waals surface area (Å²) in [5, 5.41) is 18.2. The number of aliphatic hydroxyl groups excluding tert-OH is 1. The molecule has 0 aromatic carbocycles. The normalized spacial score (nSPS) is 20.6. The smallest absolute Gasteiger partial charge is 0.396 e. The quantitative estimate of drug-likeness (QED) is 0.306. The Morgan fingerprint density at radius 3 is 2.81 bits per heavy atom. The summed E-state index contributed by atoms with van der Waals surface area (Å²) in [5.74, 6) is 0.345. The van der Waals surface area contributed by atoms with Crippen molar-refractivity contribution in [1.82, 2.24) is 15.6 Å². The Hall–Kier alpha value is -2.07. The number of aliphatic hydroxyl groups is 1. The number of aromatic nitrogens is 1. The summed E-state index contributed by atoms with van der Waals surface area (Å²) >= 11 is 0. The van der Waals surface area contributed by atoms with Gasteiger partial charge in [-0.15, -0.1) is 0 Å². The first-order valence-corrected chi connectivity index (χ1v) is 8.79. The van der Waals surface area contributed by atoms with E-state index in [9.17, 15) is 18.3 Å². The highest BCUT2D eigenvalue weighted by Crippen LogP contribution is 2.33. The van der Waals surface area contributed by atoms with E-state index >= 15 is 0 Å². The molecule has 2 heterocycles. The molecule has 1 aliphatic rings. The monoisotopic (exact) mass is 389 g/mol. The minimum atomic E-state index is -4.45. The zero-order valence-electron chi connectivity index (χ0n) is 15.3. The van der Waals surface area contributed by atoms with Crippen molar-refractivity contribution in [2.24, 2.45) is 10.4 Å². The number of ether oxygens (including phenoxy) is 1. The number of guanidine groups is 1. The van der Waals surface area contributed by atoms with Crippen molar-refractivity contribution in [2.75, 3.05) is 51.8 Å². The Bertz CT molecular complexity index is 619. The van der Waals surface area contributed by atoms with Gasteiger partial charge in [0.05, 0.1) is 12.2 Å². The summed E-state index contributed by atoms with van der Waals surface area (Å²) in [7, 11) is 1.62. The molecule has 1 atom stereocenters. The Morgan fingerprint density at radius 2 is 2.19 bits per heavy atom. The maximum Gasteiger partial charge on any atom is 0.419 e. The molecule has 0 bridgehead atoms. The van der Waals surface area contributed by atoms with E-state index in [-0.39, 0.29) is 24.4 Å². The number of nitrogens with one attached hydrogen (secondary N) is 3. The summed E-state index contributed by atoms with van der Waals surface area (Å²) in [4.78, 5) is 7.87. The van der Waals surface area contributed by atoms with Crippen LogP contribution in [-0.4, -0.2) is 62.6 Å². The van der Waals surface area contributed by atoms with Crippen LogP contribution in [0.1, 0.15) is 18.4 Å².